The standard InChI is InChI=1S/C24H23ClN4O3/c1-15-5-7-16(8-6-15)19-20(17-9-11-18(25)12-10-17)27-22(24(31)32)21(26-19)23(30)28-29-13-3-2-4-14-29/h5-12H,2-4,13-14H2,1H3,(H,28,30)(H,31,32). The fraction of sp³-hybridized carbons (Fsp3) is 0.250. The van der Waals surface area contributed by atoms with E-state index < -0.39 is 11.9 Å². The molecule has 164 valence electrons. The Morgan fingerprint density at radius 2 is 1.41 bits per heavy atom. The summed E-state index contributed by atoms with van der Waals surface area (Å²) in [6, 6.07) is 14.5. The number of hydrogen-bond donors (Lipinski definition) is 2. The molecular formula is C24H23ClN4O3. The van der Waals surface area contributed by atoms with Gasteiger partial charge in [0.05, 0.1) is 11.4 Å². The molecule has 1 amide bonds. The zero-order valence-electron chi connectivity index (χ0n) is 17.6. The minimum absolute atomic E-state index is 0.212. The van der Waals surface area contributed by atoms with E-state index in [0.29, 0.717) is 22.0 Å². The molecule has 2 heterocycles. The SMILES string of the molecule is Cc1ccc(-c2nc(C(=O)NN3CCCCC3)c(C(=O)O)nc2-c2ccc(Cl)cc2)cc1. The molecule has 8 heteroatoms. The van der Waals surface area contributed by atoms with Gasteiger partial charge in [0.25, 0.3) is 5.91 Å². The van der Waals surface area contributed by atoms with E-state index in [4.69, 9.17) is 11.6 Å². The number of aromatic carboxylic acids is 1. The van der Waals surface area contributed by atoms with Crippen LogP contribution in [0.15, 0.2) is 48.5 Å². The van der Waals surface area contributed by atoms with Crippen LogP contribution in [-0.2, 0) is 0 Å². The minimum atomic E-state index is -1.31. The number of benzene rings is 2. The molecule has 1 aromatic heterocycles. The Hall–Kier alpha value is -3.29. The van der Waals surface area contributed by atoms with Crippen LogP contribution in [0.5, 0.6) is 0 Å². The van der Waals surface area contributed by atoms with Gasteiger partial charge in [-0.25, -0.2) is 19.8 Å². The maximum atomic E-state index is 13.0. The van der Waals surface area contributed by atoms with Gasteiger partial charge in [0, 0.05) is 29.2 Å². The summed E-state index contributed by atoms with van der Waals surface area (Å²) < 4.78 is 0. The Labute approximate surface area is 191 Å². The van der Waals surface area contributed by atoms with E-state index in [1.165, 1.54) is 0 Å². The molecule has 0 aliphatic carbocycles. The van der Waals surface area contributed by atoms with Gasteiger partial charge in [0.1, 0.15) is 0 Å². The van der Waals surface area contributed by atoms with Crippen molar-refractivity contribution in [3.05, 3.63) is 70.5 Å². The summed E-state index contributed by atoms with van der Waals surface area (Å²) in [6.45, 7) is 3.41. The van der Waals surface area contributed by atoms with E-state index >= 15 is 0 Å². The number of hydrazine groups is 1. The molecule has 0 bridgehead atoms. The first-order valence-electron chi connectivity index (χ1n) is 10.5. The van der Waals surface area contributed by atoms with Gasteiger partial charge in [-0.3, -0.25) is 10.2 Å². The normalized spacial score (nSPS) is 14.2. The molecule has 0 unspecified atom stereocenters. The first kappa shape index (κ1) is 21.9. The number of aromatic nitrogens is 2. The molecular weight excluding hydrogens is 428 g/mol. The van der Waals surface area contributed by atoms with E-state index in [-0.39, 0.29) is 11.4 Å². The number of carboxylic acid groups (broad SMARTS) is 1. The van der Waals surface area contributed by atoms with Crippen LogP contribution in [-0.4, -0.2) is 45.0 Å². The highest BCUT2D eigenvalue weighted by molar-refractivity contribution is 6.30. The van der Waals surface area contributed by atoms with Crippen LogP contribution in [0.4, 0.5) is 0 Å². The van der Waals surface area contributed by atoms with Gasteiger partial charge in [0.2, 0.25) is 0 Å². The Morgan fingerprint density at radius 3 is 1.97 bits per heavy atom. The Balaban J connectivity index is 1.85. The average Bonchev–Trinajstić information content (AvgIpc) is 2.80. The van der Waals surface area contributed by atoms with Gasteiger partial charge < -0.3 is 5.11 Å². The number of carbonyl (C=O) groups excluding carboxylic acids is 1. The number of halogens is 1. The molecule has 1 aliphatic rings. The molecule has 2 aromatic carbocycles. The smallest absolute Gasteiger partial charge is 0.357 e. The maximum absolute atomic E-state index is 13.0. The van der Waals surface area contributed by atoms with Gasteiger partial charge in [-0.15, -0.1) is 0 Å². The molecule has 32 heavy (non-hydrogen) atoms. The molecule has 1 fully saturated rings. The lowest BCUT2D eigenvalue weighted by Gasteiger charge is -2.26. The molecule has 1 saturated heterocycles. The summed E-state index contributed by atoms with van der Waals surface area (Å²) in [4.78, 5) is 34.0. The van der Waals surface area contributed by atoms with Crippen LogP contribution < -0.4 is 5.43 Å². The van der Waals surface area contributed by atoms with Gasteiger partial charge >= 0.3 is 5.97 Å². The Kier molecular flexibility index (Phi) is 6.48. The van der Waals surface area contributed by atoms with Gasteiger partial charge in [-0.1, -0.05) is 60.0 Å². The van der Waals surface area contributed by atoms with E-state index in [9.17, 15) is 14.7 Å². The first-order valence-corrected chi connectivity index (χ1v) is 10.8. The van der Waals surface area contributed by atoms with Crippen LogP contribution in [0, 0.1) is 6.92 Å². The van der Waals surface area contributed by atoms with Crippen LogP contribution in [0.2, 0.25) is 5.02 Å². The molecule has 0 radical (unpaired) electrons. The average molecular weight is 451 g/mol. The Bertz CT molecular complexity index is 1140. The number of nitrogens with one attached hydrogen (secondary N) is 1. The third-order valence-corrected chi connectivity index (χ3v) is 5.62. The number of amides is 1. The second kappa shape index (κ2) is 9.46. The minimum Gasteiger partial charge on any atom is -0.476 e. The highest BCUT2D eigenvalue weighted by Crippen LogP contribution is 2.31. The number of rotatable bonds is 5. The topological polar surface area (TPSA) is 95.4 Å². The summed E-state index contributed by atoms with van der Waals surface area (Å²) in [5.74, 6) is -1.89. The number of nitrogens with zero attached hydrogens (tertiary/aromatic N) is 3. The Morgan fingerprint density at radius 1 is 0.875 bits per heavy atom. The van der Waals surface area contributed by atoms with Crippen molar-refractivity contribution in [3.63, 3.8) is 0 Å². The third-order valence-electron chi connectivity index (χ3n) is 5.37. The van der Waals surface area contributed by atoms with E-state index in [2.05, 4.69) is 15.4 Å². The molecule has 0 saturated carbocycles. The van der Waals surface area contributed by atoms with Gasteiger partial charge in [0.15, 0.2) is 11.4 Å². The van der Waals surface area contributed by atoms with Crippen molar-refractivity contribution >= 4 is 23.5 Å². The lowest BCUT2D eigenvalue weighted by Crippen LogP contribution is -2.45. The second-order valence-corrected chi connectivity index (χ2v) is 8.22. The molecule has 3 aromatic rings. The molecule has 7 nitrogen and oxygen atoms in total. The van der Waals surface area contributed by atoms with Gasteiger partial charge in [-0.2, -0.15) is 0 Å². The highest BCUT2D eigenvalue weighted by Gasteiger charge is 2.26. The number of carboxylic acids is 1. The summed E-state index contributed by atoms with van der Waals surface area (Å²) in [7, 11) is 0. The van der Waals surface area contributed by atoms with Crippen LogP contribution in [0.25, 0.3) is 22.5 Å². The van der Waals surface area contributed by atoms with Gasteiger partial charge in [-0.05, 0) is 31.9 Å². The predicted octanol–water partition coefficient (Wildman–Crippen LogP) is 4.60. The fourth-order valence-electron chi connectivity index (χ4n) is 3.67. The zero-order valence-corrected chi connectivity index (χ0v) is 18.4. The first-order chi connectivity index (χ1) is 15.4. The van der Waals surface area contributed by atoms with E-state index in [1.807, 2.05) is 31.2 Å². The molecule has 4 rings (SSSR count). The third kappa shape index (κ3) is 4.79. The summed E-state index contributed by atoms with van der Waals surface area (Å²) in [5.41, 5.74) is 5.46. The van der Waals surface area contributed by atoms with E-state index in [0.717, 1.165) is 43.5 Å². The lowest BCUT2D eigenvalue weighted by molar-refractivity contribution is 0.0666. The molecule has 0 spiro atoms. The molecule has 0 atom stereocenters. The fourth-order valence-corrected chi connectivity index (χ4v) is 3.79. The van der Waals surface area contributed by atoms with Crippen molar-refractivity contribution in [2.24, 2.45) is 0 Å². The number of hydrogen-bond acceptors (Lipinski definition) is 5. The molecule has 2 N–H and O–H groups in total. The van der Waals surface area contributed by atoms with Crippen LogP contribution in [0.3, 0.4) is 0 Å². The summed E-state index contributed by atoms with van der Waals surface area (Å²) >= 11 is 6.03. The van der Waals surface area contributed by atoms with E-state index in [1.54, 1.807) is 29.3 Å². The molecule has 1 aliphatic heterocycles. The lowest BCUT2D eigenvalue weighted by atomic mass is 10.0. The zero-order chi connectivity index (χ0) is 22.7. The quantitative estimate of drug-likeness (QED) is 0.589. The van der Waals surface area contributed by atoms with Crippen molar-refractivity contribution in [2.45, 2.75) is 26.2 Å². The van der Waals surface area contributed by atoms with Crippen LogP contribution in [0.1, 0.15) is 45.8 Å². The van der Waals surface area contributed by atoms with Crippen molar-refractivity contribution in [2.75, 3.05) is 13.1 Å². The largest absolute Gasteiger partial charge is 0.476 e. The number of piperidine rings is 1. The van der Waals surface area contributed by atoms with Crippen molar-refractivity contribution in [1.29, 1.82) is 0 Å². The van der Waals surface area contributed by atoms with Crippen molar-refractivity contribution < 1.29 is 14.7 Å². The van der Waals surface area contributed by atoms with Crippen molar-refractivity contribution in [3.8, 4) is 22.5 Å². The summed E-state index contributed by atoms with van der Waals surface area (Å²) in [5, 5.41) is 12.2. The number of carbonyl (C=O) groups is 2. The predicted molar refractivity (Wildman–Crippen MR) is 123 cm³/mol. The number of aryl methyl sites for hydroxylation is 1. The maximum Gasteiger partial charge on any atom is 0.357 e. The second-order valence-electron chi connectivity index (χ2n) is 7.78. The van der Waals surface area contributed by atoms with Crippen molar-refractivity contribution in [1.82, 2.24) is 20.4 Å². The van der Waals surface area contributed by atoms with Crippen LogP contribution >= 0.6 is 11.6 Å². The highest BCUT2D eigenvalue weighted by atomic mass is 35.5. The summed E-state index contributed by atoms with van der Waals surface area (Å²) in [6.07, 6.45) is 3.06. The monoisotopic (exact) mass is 450 g/mol.